The summed E-state index contributed by atoms with van der Waals surface area (Å²) in [6.45, 7) is 6.09. The molecule has 6 aromatic rings. The van der Waals surface area contributed by atoms with E-state index in [-0.39, 0.29) is 48.5 Å². The van der Waals surface area contributed by atoms with Crippen LogP contribution in [-0.4, -0.2) is 107 Å². The third-order valence-corrected chi connectivity index (χ3v) is 14.5. The third-order valence-electron chi connectivity index (χ3n) is 10.0. The van der Waals surface area contributed by atoms with Crippen molar-refractivity contribution >= 4 is 92.3 Å². The Kier molecular flexibility index (Phi) is 13.0. The van der Waals surface area contributed by atoms with Gasteiger partial charge in [-0.1, -0.05) is 13.8 Å². The Morgan fingerprint density at radius 1 is 0.812 bits per heavy atom. The van der Waals surface area contributed by atoms with Gasteiger partial charge in [0.2, 0.25) is 11.8 Å². The molecule has 0 spiro atoms. The molecule has 1 aliphatic carbocycles. The number of pyridine rings is 1. The lowest BCUT2D eigenvalue weighted by Gasteiger charge is -2.18. The van der Waals surface area contributed by atoms with Gasteiger partial charge < -0.3 is 32.1 Å². The highest BCUT2D eigenvalue weighted by Gasteiger charge is 2.51. The van der Waals surface area contributed by atoms with Crippen molar-refractivity contribution in [3.63, 3.8) is 0 Å². The van der Waals surface area contributed by atoms with Crippen molar-refractivity contribution in [3.05, 3.63) is 66.1 Å². The van der Waals surface area contributed by atoms with Crippen LogP contribution in [0.5, 0.6) is 0 Å². The van der Waals surface area contributed by atoms with Gasteiger partial charge in [0, 0.05) is 52.0 Å². The number of aliphatic hydroxyl groups is 1. The maximum atomic E-state index is 13.3. The molecule has 2 aliphatic rings. The number of nitrogens with one attached hydrogen (secondary N) is 4. The predicted molar refractivity (Wildman–Crippen MR) is 242 cm³/mol. The van der Waals surface area contributed by atoms with E-state index in [1.54, 1.807) is 46.0 Å². The van der Waals surface area contributed by atoms with E-state index in [2.05, 4.69) is 50.1 Å². The largest absolute Gasteiger partial charge is 0.391 e. The van der Waals surface area contributed by atoms with Gasteiger partial charge in [-0.05, 0) is 44.2 Å². The van der Waals surface area contributed by atoms with Crippen LogP contribution in [0.2, 0.25) is 0 Å². The molecule has 7 amide bonds. The maximum absolute atomic E-state index is 13.3. The zero-order chi connectivity index (χ0) is 45.3. The zero-order valence-electron chi connectivity index (χ0n) is 34.4. The van der Waals surface area contributed by atoms with Crippen molar-refractivity contribution in [2.24, 2.45) is 11.7 Å². The summed E-state index contributed by atoms with van der Waals surface area (Å²) in [4.78, 5) is 104. The minimum atomic E-state index is -1.06. The number of hydrogen-bond donors (Lipinski definition) is 6. The number of primary amides is 1. The second-order valence-corrected chi connectivity index (χ2v) is 19.8. The van der Waals surface area contributed by atoms with Crippen LogP contribution >= 0.6 is 56.7 Å². The molecular weight excluding hydrogens is 921 g/mol. The molecule has 0 aromatic carbocycles. The van der Waals surface area contributed by atoms with Gasteiger partial charge in [-0.15, -0.1) is 56.7 Å². The number of nitrogens with zero attached hydrogens (tertiary/aromatic N) is 7. The summed E-state index contributed by atoms with van der Waals surface area (Å²) in [6.07, 6.45) is 1.03. The van der Waals surface area contributed by atoms with E-state index in [1.807, 2.05) is 0 Å². The molecule has 1 aliphatic heterocycles. The van der Waals surface area contributed by atoms with Gasteiger partial charge in [0.25, 0.3) is 17.7 Å². The molecule has 6 aromatic heterocycles. The van der Waals surface area contributed by atoms with Gasteiger partial charge in [-0.3, -0.25) is 28.9 Å². The minimum Gasteiger partial charge on any atom is -0.391 e. The Balaban J connectivity index is 0.981. The molecule has 1 saturated carbocycles. The smallest absolute Gasteiger partial charge is 0.324 e. The van der Waals surface area contributed by atoms with Crippen LogP contribution in [0.3, 0.4) is 0 Å². The van der Waals surface area contributed by atoms with Gasteiger partial charge >= 0.3 is 6.03 Å². The molecule has 7 N–H and O–H groups in total. The van der Waals surface area contributed by atoms with E-state index in [0.29, 0.717) is 73.6 Å². The van der Waals surface area contributed by atoms with Crippen LogP contribution in [0.15, 0.2) is 39.0 Å². The number of carbonyl (C=O) groups excluding carboxylic acids is 6. The first kappa shape index (κ1) is 44.7. The highest BCUT2D eigenvalue weighted by atomic mass is 32.1. The average molecular weight is 961 g/mol. The monoisotopic (exact) mass is 960 g/mol. The summed E-state index contributed by atoms with van der Waals surface area (Å²) in [5.74, 6) is -1.89. The second-order valence-electron chi connectivity index (χ2n) is 15.4. The summed E-state index contributed by atoms with van der Waals surface area (Å²) in [5, 5.41) is 33.0. The summed E-state index contributed by atoms with van der Waals surface area (Å²) < 4.78 is 0. The summed E-state index contributed by atoms with van der Waals surface area (Å²) in [7, 11) is 0. The number of nitrogens with two attached hydrogens (primary N) is 1. The van der Waals surface area contributed by atoms with Crippen molar-refractivity contribution < 1.29 is 33.9 Å². The molecule has 0 bridgehead atoms. The van der Waals surface area contributed by atoms with Crippen molar-refractivity contribution in [2.75, 3.05) is 19.6 Å². The number of thiazole rings is 5. The third kappa shape index (κ3) is 9.75. The molecular formula is C40H40N12O7S5. The fraction of sp³-hybridized carbons (Fsp3) is 0.350. The normalized spacial score (nSPS) is 15.2. The van der Waals surface area contributed by atoms with Crippen LogP contribution in [0, 0.1) is 5.92 Å². The maximum Gasteiger partial charge on any atom is 0.324 e. The van der Waals surface area contributed by atoms with E-state index in [9.17, 15) is 33.9 Å². The lowest BCUT2D eigenvalue weighted by atomic mass is 10.1. The van der Waals surface area contributed by atoms with Crippen molar-refractivity contribution in [1.82, 2.24) is 56.1 Å². The molecule has 2 fully saturated rings. The molecule has 19 nitrogen and oxygen atoms in total. The topological polar surface area (TPSA) is 277 Å². The summed E-state index contributed by atoms with van der Waals surface area (Å²) >= 11 is 6.40. The SMILES string of the molecule is CC(C)Cc1nc(C(=O)N[C@H](c2nc(-c3nc(-c4nc(-c5nc(C(=O)NC6(C(=O)NCCCN7C(=O)CNC7=O)CC6)cs5)cs4)ccc3-c3nc(C(N)=O)cs3)cs2)[C@@H](C)O)cs1. The Hall–Kier alpha value is -5.92. The fourth-order valence-electron chi connectivity index (χ4n) is 6.55. The molecule has 0 radical (unpaired) electrons. The Bertz CT molecular complexity index is 2750. The van der Waals surface area contributed by atoms with E-state index in [4.69, 9.17) is 20.7 Å². The molecule has 7 heterocycles. The number of amides is 7. The van der Waals surface area contributed by atoms with Gasteiger partial charge in [-0.25, -0.2) is 34.7 Å². The Labute approximate surface area is 385 Å². The van der Waals surface area contributed by atoms with E-state index in [1.165, 1.54) is 56.7 Å². The average Bonchev–Trinajstić information content (AvgIpc) is 4.02. The van der Waals surface area contributed by atoms with Crippen molar-refractivity contribution in [1.29, 1.82) is 0 Å². The number of hydrogen-bond acceptors (Lipinski definition) is 18. The van der Waals surface area contributed by atoms with E-state index >= 15 is 0 Å². The molecule has 2 atom stereocenters. The van der Waals surface area contributed by atoms with Gasteiger partial charge in [0.15, 0.2) is 0 Å². The van der Waals surface area contributed by atoms with E-state index < -0.39 is 41.4 Å². The van der Waals surface area contributed by atoms with Crippen molar-refractivity contribution in [3.8, 4) is 43.4 Å². The standard InChI is InChI=1S/C40H40N12O7S5/c1-18(2)11-27-44-24(15-60-27)32(56)50-29(19(3)53)37-46-22(13-64-37)30-20(34-47-23(14-61-34)31(41)55)5-6-21(45-30)35-49-26(17-63-35)36-48-25(16-62-36)33(57)51-40(7-8-40)38(58)42-9-4-10-52-28(54)12-43-39(52)59/h5-6,13-19,29,53H,4,7-12H2,1-3H3,(H2,41,55)(H,42,58)(H,43,59)(H,50,56)(H,51,57)/t19-,29+/m1/s1. The first-order chi connectivity index (χ1) is 30.7. The van der Waals surface area contributed by atoms with Gasteiger partial charge in [0.05, 0.1) is 23.4 Å². The van der Waals surface area contributed by atoms with Crippen LogP contribution < -0.4 is 27.0 Å². The fourth-order valence-corrected chi connectivity index (χ4v) is 10.9. The first-order valence-electron chi connectivity index (χ1n) is 19.9. The van der Waals surface area contributed by atoms with Crippen LogP contribution in [0.1, 0.15) is 87.6 Å². The van der Waals surface area contributed by atoms with E-state index in [0.717, 1.165) is 16.3 Å². The Morgan fingerprint density at radius 2 is 1.50 bits per heavy atom. The van der Waals surface area contributed by atoms with Crippen LogP contribution in [0.25, 0.3) is 43.4 Å². The van der Waals surface area contributed by atoms with Crippen LogP contribution in [-0.2, 0) is 16.0 Å². The summed E-state index contributed by atoms with van der Waals surface area (Å²) in [6, 6.07) is 2.26. The number of carbonyl (C=O) groups is 6. The molecule has 64 heavy (non-hydrogen) atoms. The number of urea groups is 1. The number of aromatic nitrogens is 6. The predicted octanol–water partition coefficient (Wildman–Crippen LogP) is 4.50. The number of imide groups is 1. The molecule has 332 valence electrons. The summed E-state index contributed by atoms with van der Waals surface area (Å²) in [5.41, 5.74) is 7.37. The molecule has 24 heteroatoms. The molecule has 1 saturated heterocycles. The van der Waals surface area contributed by atoms with Gasteiger partial charge in [-0.2, -0.15) is 0 Å². The highest BCUT2D eigenvalue weighted by molar-refractivity contribution is 7.15. The van der Waals surface area contributed by atoms with Crippen molar-refractivity contribution in [2.45, 2.75) is 64.1 Å². The second kappa shape index (κ2) is 18.7. The minimum absolute atomic E-state index is 0.0349. The Morgan fingerprint density at radius 3 is 2.20 bits per heavy atom. The zero-order valence-corrected chi connectivity index (χ0v) is 38.5. The van der Waals surface area contributed by atoms with Crippen LogP contribution in [0.4, 0.5) is 4.79 Å². The lowest BCUT2D eigenvalue weighted by molar-refractivity contribution is -0.125. The number of rotatable bonds is 18. The molecule has 0 unspecified atom stereocenters. The first-order valence-corrected chi connectivity index (χ1v) is 24.3. The quantitative estimate of drug-likeness (QED) is 0.0512. The highest BCUT2D eigenvalue weighted by Crippen LogP contribution is 2.39. The van der Waals surface area contributed by atoms with Gasteiger partial charge in [0.1, 0.15) is 65.8 Å². The number of aliphatic hydroxyl groups excluding tert-OH is 1. The molecule has 8 rings (SSSR count). The lowest BCUT2D eigenvalue weighted by Crippen LogP contribution is -2.49.